The highest BCUT2D eigenvalue weighted by Gasteiger charge is 2.24. The van der Waals surface area contributed by atoms with Crippen LogP contribution in [0.3, 0.4) is 0 Å². The van der Waals surface area contributed by atoms with Gasteiger partial charge in [-0.3, -0.25) is 4.79 Å². The van der Waals surface area contributed by atoms with E-state index in [1.54, 1.807) is 7.11 Å². The molecule has 1 N–H and O–H groups in total. The average Bonchev–Trinajstić information content (AvgIpc) is 3.11. The van der Waals surface area contributed by atoms with E-state index in [-0.39, 0.29) is 5.91 Å². The summed E-state index contributed by atoms with van der Waals surface area (Å²) >= 11 is 3.56. The Bertz CT molecular complexity index is 1240. The summed E-state index contributed by atoms with van der Waals surface area (Å²) in [5.74, 6) is 1.14. The zero-order valence-corrected chi connectivity index (χ0v) is 21.5. The Morgan fingerprint density at radius 2 is 1.79 bits per heavy atom. The molecule has 1 heterocycles. The highest BCUT2D eigenvalue weighted by atomic mass is 127. The number of hydrogen-bond acceptors (Lipinski definition) is 5. The van der Waals surface area contributed by atoms with Crippen LogP contribution in [0.15, 0.2) is 70.6 Å². The fourth-order valence-corrected chi connectivity index (χ4v) is 5.08. The van der Waals surface area contributed by atoms with Crippen LogP contribution in [0.4, 0.5) is 5.69 Å². The number of methoxy groups -OCH3 is 1. The van der Waals surface area contributed by atoms with Crippen molar-refractivity contribution < 1.29 is 14.3 Å². The largest absolute Gasteiger partial charge is 0.493 e. The molecule has 7 heteroatoms. The van der Waals surface area contributed by atoms with Gasteiger partial charge < -0.3 is 14.8 Å². The number of amides is 1. The minimum absolute atomic E-state index is 0.165. The highest BCUT2D eigenvalue weighted by molar-refractivity contribution is 14.1. The molecular weight excluding hydrogens is 547 g/mol. The van der Waals surface area contributed by atoms with Crippen molar-refractivity contribution in [1.82, 2.24) is 5.32 Å². The number of aliphatic imine (C=N–C) groups is 1. The number of halogens is 1. The summed E-state index contributed by atoms with van der Waals surface area (Å²) < 4.78 is 12.5. The summed E-state index contributed by atoms with van der Waals surface area (Å²) in [5, 5.41) is 3.42. The van der Waals surface area contributed by atoms with Gasteiger partial charge in [0.1, 0.15) is 6.61 Å². The molecule has 1 amide bonds. The second kappa shape index (κ2) is 10.4. The van der Waals surface area contributed by atoms with E-state index in [4.69, 9.17) is 9.47 Å². The Kier molecular flexibility index (Phi) is 7.39. The van der Waals surface area contributed by atoms with Gasteiger partial charge in [-0.2, -0.15) is 0 Å². The Labute approximate surface area is 211 Å². The lowest BCUT2D eigenvalue weighted by atomic mass is 10.1. The Balaban J connectivity index is 1.55. The van der Waals surface area contributed by atoms with Gasteiger partial charge in [-0.1, -0.05) is 36.4 Å². The Morgan fingerprint density at radius 1 is 1.06 bits per heavy atom. The van der Waals surface area contributed by atoms with Gasteiger partial charge in [0.05, 0.1) is 21.3 Å². The SMILES string of the molecule is COc1cc(/C=C2\SC(=Nc3cc(C)cc(C)c3)NC2=O)cc(I)c1OCc1ccccc1. The molecule has 0 atom stereocenters. The van der Waals surface area contributed by atoms with Crippen molar-refractivity contribution in [2.45, 2.75) is 20.5 Å². The molecule has 1 saturated heterocycles. The lowest BCUT2D eigenvalue weighted by Gasteiger charge is -2.14. The zero-order valence-electron chi connectivity index (χ0n) is 18.5. The first-order valence-electron chi connectivity index (χ1n) is 10.3. The maximum atomic E-state index is 12.5. The van der Waals surface area contributed by atoms with E-state index in [1.165, 1.54) is 11.8 Å². The van der Waals surface area contributed by atoms with Crippen LogP contribution >= 0.6 is 34.4 Å². The van der Waals surface area contributed by atoms with Crippen LogP contribution in [0, 0.1) is 17.4 Å². The molecule has 3 aromatic carbocycles. The number of rotatable bonds is 6. The third kappa shape index (κ3) is 5.97. The molecule has 1 fully saturated rings. The molecule has 3 aromatic rings. The Hall–Kier alpha value is -2.78. The zero-order chi connectivity index (χ0) is 23.4. The van der Waals surface area contributed by atoms with Crippen LogP contribution in [0.2, 0.25) is 0 Å². The second-order valence-corrected chi connectivity index (χ2v) is 9.83. The summed E-state index contributed by atoms with van der Waals surface area (Å²) in [6.45, 7) is 4.51. The predicted octanol–water partition coefficient (Wildman–Crippen LogP) is 6.39. The number of nitrogens with one attached hydrogen (secondary N) is 1. The number of amidine groups is 1. The van der Waals surface area contributed by atoms with Crippen LogP contribution in [0.1, 0.15) is 22.3 Å². The fourth-order valence-electron chi connectivity index (χ4n) is 3.46. The van der Waals surface area contributed by atoms with E-state index in [0.29, 0.717) is 28.2 Å². The molecule has 0 spiro atoms. The topological polar surface area (TPSA) is 59.9 Å². The van der Waals surface area contributed by atoms with Gasteiger partial charge in [0.2, 0.25) is 0 Å². The van der Waals surface area contributed by atoms with Gasteiger partial charge in [0.15, 0.2) is 16.7 Å². The summed E-state index contributed by atoms with van der Waals surface area (Å²) in [6.07, 6.45) is 1.84. The van der Waals surface area contributed by atoms with E-state index in [0.717, 1.165) is 31.5 Å². The molecule has 1 aliphatic rings. The lowest BCUT2D eigenvalue weighted by molar-refractivity contribution is -0.115. The lowest BCUT2D eigenvalue weighted by Crippen LogP contribution is -2.19. The van der Waals surface area contributed by atoms with Crippen LogP contribution < -0.4 is 14.8 Å². The monoisotopic (exact) mass is 570 g/mol. The average molecular weight is 570 g/mol. The molecule has 0 radical (unpaired) electrons. The van der Waals surface area contributed by atoms with Gasteiger partial charge in [-0.25, -0.2) is 4.99 Å². The van der Waals surface area contributed by atoms with Gasteiger partial charge in [0.25, 0.3) is 5.91 Å². The van der Waals surface area contributed by atoms with Crippen LogP contribution in [-0.4, -0.2) is 18.2 Å². The fraction of sp³-hybridized carbons (Fsp3) is 0.154. The van der Waals surface area contributed by atoms with Crippen molar-refractivity contribution in [2.75, 3.05) is 7.11 Å². The van der Waals surface area contributed by atoms with Crippen LogP contribution in [0.25, 0.3) is 6.08 Å². The van der Waals surface area contributed by atoms with Crippen molar-refractivity contribution >= 4 is 57.2 Å². The number of hydrogen-bond donors (Lipinski definition) is 1. The molecule has 0 aromatic heterocycles. The molecule has 0 bridgehead atoms. The van der Waals surface area contributed by atoms with Gasteiger partial charge in [-0.05, 0) is 101 Å². The van der Waals surface area contributed by atoms with E-state index < -0.39 is 0 Å². The quantitative estimate of drug-likeness (QED) is 0.276. The number of aryl methyl sites for hydroxylation is 2. The molecule has 1 aliphatic heterocycles. The second-order valence-electron chi connectivity index (χ2n) is 7.64. The predicted molar refractivity (Wildman–Crippen MR) is 143 cm³/mol. The molecule has 0 unspecified atom stereocenters. The summed E-state index contributed by atoms with van der Waals surface area (Å²) in [5.41, 5.74) is 5.03. The minimum Gasteiger partial charge on any atom is -0.493 e. The first-order chi connectivity index (χ1) is 15.9. The third-order valence-electron chi connectivity index (χ3n) is 4.86. The van der Waals surface area contributed by atoms with Crippen LogP contribution in [-0.2, 0) is 11.4 Å². The number of thioether (sulfide) groups is 1. The molecule has 0 aliphatic carbocycles. The van der Waals surface area contributed by atoms with E-state index in [1.807, 2.05) is 74.5 Å². The smallest absolute Gasteiger partial charge is 0.264 e. The van der Waals surface area contributed by atoms with Crippen molar-refractivity contribution in [3.05, 3.63) is 91.4 Å². The third-order valence-corrected chi connectivity index (χ3v) is 6.57. The molecular formula is C26H23IN2O3S. The molecule has 168 valence electrons. The number of carbonyl (C=O) groups is 1. The molecule has 4 rings (SSSR count). The minimum atomic E-state index is -0.165. The van der Waals surface area contributed by atoms with E-state index >= 15 is 0 Å². The first-order valence-corrected chi connectivity index (χ1v) is 12.2. The van der Waals surface area contributed by atoms with Gasteiger partial charge >= 0.3 is 0 Å². The normalized spacial score (nSPS) is 15.7. The summed E-state index contributed by atoms with van der Waals surface area (Å²) in [7, 11) is 1.61. The summed E-state index contributed by atoms with van der Waals surface area (Å²) in [6, 6.07) is 19.9. The van der Waals surface area contributed by atoms with Crippen molar-refractivity contribution in [2.24, 2.45) is 4.99 Å². The number of carbonyl (C=O) groups excluding carboxylic acids is 1. The summed E-state index contributed by atoms with van der Waals surface area (Å²) in [4.78, 5) is 17.7. The van der Waals surface area contributed by atoms with E-state index in [9.17, 15) is 4.79 Å². The maximum Gasteiger partial charge on any atom is 0.264 e. The number of ether oxygens (including phenoxy) is 2. The molecule has 0 saturated carbocycles. The standard InChI is InChI=1S/C26H23IN2O3S/c1-16-9-17(2)11-20(10-16)28-26-29-25(30)23(33-26)14-19-12-21(27)24(22(13-19)31-3)32-15-18-7-5-4-6-8-18/h4-14H,15H2,1-3H3,(H,28,29,30)/b23-14-. The van der Waals surface area contributed by atoms with Gasteiger partial charge in [-0.15, -0.1) is 0 Å². The van der Waals surface area contributed by atoms with Crippen molar-refractivity contribution in [1.29, 1.82) is 0 Å². The number of benzene rings is 3. The Morgan fingerprint density at radius 3 is 2.48 bits per heavy atom. The van der Waals surface area contributed by atoms with Crippen molar-refractivity contribution in [3.8, 4) is 11.5 Å². The molecule has 33 heavy (non-hydrogen) atoms. The van der Waals surface area contributed by atoms with Gasteiger partial charge in [0, 0.05) is 0 Å². The van der Waals surface area contributed by atoms with Crippen LogP contribution in [0.5, 0.6) is 11.5 Å². The highest BCUT2D eigenvalue weighted by Crippen LogP contribution is 2.36. The number of nitrogens with zero attached hydrogens (tertiary/aromatic N) is 1. The van der Waals surface area contributed by atoms with E-state index in [2.05, 4.69) is 39.0 Å². The first kappa shape index (κ1) is 23.4. The van der Waals surface area contributed by atoms with Crippen molar-refractivity contribution in [3.63, 3.8) is 0 Å². The maximum absolute atomic E-state index is 12.5. The molecule has 5 nitrogen and oxygen atoms in total.